The number of carbonyl (C=O) groups excluding carboxylic acids is 2. The van der Waals surface area contributed by atoms with Gasteiger partial charge in [-0.1, -0.05) is 36.4 Å². The van der Waals surface area contributed by atoms with Crippen LogP contribution in [0.3, 0.4) is 0 Å². The van der Waals surface area contributed by atoms with Crippen molar-refractivity contribution in [1.82, 2.24) is 10.6 Å². The lowest BCUT2D eigenvalue weighted by molar-refractivity contribution is -0.129. The van der Waals surface area contributed by atoms with E-state index in [1.54, 1.807) is 62.4 Å². The maximum atomic E-state index is 12.4. The highest BCUT2D eigenvalue weighted by molar-refractivity contribution is 7.92. The molecule has 2 amide bonds. The van der Waals surface area contributed by atoms with Crippen LogP contribution in [0.4, 0.5) is 5.69 Å². The lowest BCUT2D eigenvalue weighted by atomic mass is 10.1. The number of ether oxygens (including phenoxy) is 1. The minimum absolute atomic E-state index is 0.210. The fourth-order valence-electron chi connectivity index (χ4n) is 2.60. The summed E-state index contributed by atoms with van der Waals surface area (Å²) in [5.41, 5.74) is 0.993. The molecular formula is C20H25N3O5S. The fourth-order valence-corrected chi connectivity index (χ4v) is 3.18. The van der Waals surface area contributed by atoms with Gasteiger partial charge in [0.15, 0.2) is 6.61 Å². The highest BCUT2D eigenvalue weighted by atomic mass is 32.2. The van der Waals surface area contributed by atoms with Crippen molar-refractivity contribution in [3.63, 3.8) is 0 Å². The van der Waals surface area contributed by atoms with E-state index in [0.717, 1.165) is 6.26 Å². The molecule has 0 aliphatic rings. The van der Waals surface area contributed by atoms with Crippen molar-refractivity contribution in [1.29, 1.82) is 0 Å². The van der Waals surface area contributed by atoms with Gasteiger partial charge >= 0.3 is 0 Å². The fraction of sp³-hybridized carbons (Fsp3) is 0.300. The van der Waals surface area contributed by atoms with Crippen LogP contribution >= 0.6 is 0 Å². The SMILES string of the molecule is C[C@H](NC(=O)COc1ccccc1)C(=O)N[C@H](C)c1ccccc1NS(C)(=O)=O. The molecule has 0 saturated carbocycles. The molecule has 156 valence electrons. The summed E-state index contributed by atoms with van der Waals surface area (Å²) in [6, 6.07) is 14.4. The van der Waals surface area contributed by atoms with E-state index in [9.17, 15) is 18.0 Å². The van der Waals surface area contributed by atoms with Gasteiger partial charge in [-0.2, -0.15) is 0 Å². The minimum Gasteiger partial charge on any atom is -0.484 e. The van der Waals surface area contributed by atoms with Crippen molar-refractivity contribution < 1.29 is 22.7 Å². The van der Waals surface area contributed by atoms with Gasteiger partial charge in [0.2, 0.25) is 15.9 Å². The molecule has 0 bridgehead atoms. The Balaban J connectivity index is 1.91. The van der Waals surface area contributed by atoms with Gasteiger partial charge < -0.3 is 15.4 Å². The van der Waals surface area contributed by atoms with Crippen molar-refractivity contribution in [3.8, 4) is 5.75 Å². The van der Waals surface area contributed by atoms with Gasteiger partial charge in [-0.15, -0.1) is 0 Å². The van der Waals surface area contributed by atoms with Gasteiger partial charge in [0, 0.05) is 0 Å². The van der Waals surface area contributed by atoms with E-state index in [4.69, 9.17) is 4.74 Å². The smallest absolute Gasteiger partial charge is 0.258 e. The number of sulfonamides is 1. The van der Waals surface area contributed by atoms with E-state index in [-0.39, 0.29) is 6.61 Å². The molecule has 2 aromatic rings. The molecule has 0 heterocycles. The Morgan fingerprint density at radius 2 is 1.59 bits per heavy atom. The number of hydrogen-bond donors (Lipinski definition) is 3. The monoisotopic (exact) mass is 419 g/mol. The summed E-state index contributed by atoms with van der Waals surface area (Å²) in [5, 5.41) is 5.34. The topological polar surface area (TPSA) is 114 Å². The maximum Gasteiger partial charge on any atom is 0.258 e. The molecule has 0 aliphatic heterocycles. The quantitative estimate of drug-likeness (QED) is 0.574. The van der Waals surface area contributed by atoms with Crippen molar-refractivity contribution in [2.24, 2.45) is 0 Å². The Kier molecular flexibility index (Phi) is 7.60. The van der Waals surface area contributed by atoms with Crippen molar-refractivity contribution in [3.05, 3.63) is 60.2 Å². The van der Waals surface area contributed by atoms with Crippen LogP contribution in [0.1, 0.15) is 25.5 Å². The van der Waals surface area contributed by atoms with Crippen LogP contribution in [0.15, 0.2) is 54.6 Å². The second-order valence-corrected chi connectivity index (χ2v) is 8.33. The summed E-state index contributed by atoms with van der Waals surface area (Å²) in [4.78, 5) is 24.4. The molecule has 0 aromatic heterocycles. The summed E-state index contributed by atoms with van der Waals surface area (Å²) in [7, 11) is -3.46. The minimum atomic E-state index is -3.46. The standard InChI is InChI=1S/C20H25N3O5S/c1-14(17-11-7-8-12-18(17)23-29(3,26)27)22-20(25)15(2)21-19(24)13-28-16-9-5-4-6-10-16/h4-12,14-15,23H,13H2,1-3H3,(H,21,24)(H,22,25)/t14-,15+/m1/s1. The number of nitrogens with one attached hydrogen (secondary N) is 3. The molecule has 0 saturated heterocycles. The van der Waals surface area contributed by atoms with Gasteiger partial charge in [-0.05, 0) is 37.6 Å². The molecule has 3 N–H and O–H groups in total. The largest absolute Gasteiger partial charge is 0.484 e. The zero-order valence-electron chi connectivity index (χ0n) is 16.5. The molecule has 2 atom stereocenters. The summed E-state index contributed by atoms with van der Waals surface area (Å²) < 4.78 is 30.9. The molecule has 29 heavy (non-hydrogen) atoms. The van der Waals surface area contributed by atoms with Crippen LogP contribution < -0.4 is 20.1 Å². The highest BCUT2D eigenvalue weighted by Crippen LogP contribution is 2.23. The molecule has 0 spiro atoms. The highest BCUT2D eigenvalue weighted by Gasteiger charge is 2.20. The second kappa shape index (κ2) is 9.92. The Bertz CT molecular complexity index is 948. The molecule has 0 radical (unpaired) electrons. The number of amides is 2. The first kappa shape index (κ1) is 22.2. The zero-order chi connectivity index (χ0) is 21.4. The Labute approximate surface area is 170 Å². The van der Waals surface area contributed by atoms with Crippen LogP contribution in [0.5, 0.6) is 5.75 Å². The van der Waals surface area contributed by atoms with Crippen LogP contribution in [-0.4, -0.2) is 39.1 Å². The summed E-state index contributed by atoms with van der Waals surface area (Å²) in [5.74, 6) is -0.272. The van der Waals surface area contributed by atoms with Crippen LogP contribution in [0.25, 0.3) is 0 Å². The first-order valence-corrected chi connectivity index (χ1v) is 10.9. The average molecular weight is 420 g/mol. The number of rotatable bonds is 9. The van der Waals surface area contributed by atoms with E-state index in [1.807, 2.05) is 6.07 Å². The molecular weight excluding hydrogens is 394 g/mol. The van der Waals surface area contributed by atoms with Gasteiger partial charge in [0.25, 0.3) is 5.91 Å². The predicted molar refractivity (Wildman–Crippen MR) is 111 cm³/mol. The molecule has 9 heteroatoms. The summed E-state index contributed by atoms with van der Waals surface area (Å²) in [6.45, 7) is 3.08. The van der Waals surface area contributed by atoms with E-state index in [0.29, 0.717) is 17.0 Å². The Morgan fingerprint density at radius 3 is 2.24 bits per heavy atom. The summed E-state index contributed by atoms with van der Waals surface area (Å²) in [6.07, 6.45) is 1.06. The predicted octanol–water partition coefficient (Wildman–Crippen LogP) is 1.82. The number of hydrogen-bond acceptors (Lipinski definition) is 5. The Morgan fingerprint density at radius 1 is 0.966 bits per heavy atom. The first-order chi connectivity index (χ1) is 13.7. The van der Waals surface area contributed by atoms with E-state index >= 15 is 0 Å². The van der Waals surface area contributed by atoms with Crippen LogP contribution in [-0.2, 0) is 19.6 Å². The van der Waals surface area contributed by atoms with E-state index in [2.05, 4.69) is 15.4 Å². The molecule has 2 rings (SSSR count). The van der Waals surface area contributed by atoms with Gasteiger partial charge in [0.1, 0.15) is 11.8 Å². The Hall–Kier alpha value is -3.07. The zero-order valence-corrected chi connectivity index (χ0v) is 17.3. The lowest BCUT2D eigenvalue weighted by Gasteiger charge is -2.21. The third kappa shape index (κ3) is 7.46. The molecule has 0 aliphatic carbocycles. The number of benzene rings is 2. The van der Waals surface area contributed by atoms with Crippen LogP contribution in [0.2, 0.25) is 0 Å². The summed E-state index contributed by atoms with van der Waals surface area (Å²) >= 11 is 0. The molecule has 8 nitrogen and oxygen atoms in total. The maximum absolute atomic E-state index is 12.4. The lowest BCUT2D eigenvalue weighted by Crippen LogP contribution is -2.46. The van der Waals surface area contributed by atoms with E-state index < -0.39 is 33.9 Å². The van der Waals surface area contributed by atoms with Crippen molar-refractivity contribution in [2.45, 2.75) is 25.9 Å². The molecule has 0 unspecified atom stereocenters. The molecule has 2 aromatic carbocycles. The third-order valence-electron chi connectivity index (χ3n) is 3.97. The first-order valence-electron chi connectivity index (χ1n) is 9.00. The number of carbonyl (C=O) groups is 2. The normalized spacial score (nSPS) is 13.1. The van der Waals surface area contributed by atoms with Crippen molar-refractivity contribution in [2.75, 3.05) is 17.6 Å². The van der Waals surface area contributed by atoms with Gasteiger partial charge in [-0.25, -0.2) is 8.42 Å². The van der Waals surface area contributed by atoms with Crippen molar-refractivity contribution >= 4 is 27.5 Å². The van der Waals surface area contributed by atoms with Crippen LogP contribution in [0, 0.1) is 0 Å². The number of para-hydroxylation sites is 2. The number of anilines is 1. The molecule has 0 fully saturated rings. The third-order valence-corrected chi connectivity index (χ3v) is 4.56. The van der Waals surface area contributed by atoms with Gasteiger partial charge in [-0.3, -0.25) is 14.3 Å². The van der Waals surface area contributed by atoms with E-state index in [1.165, 1.54) is 0 Å². The average Bonchev–Trinajstić information content (AvgIpc) is 2.66. The van der Waals surface area contributed by atoms with Gasteiger partial charge in [0.05, 0.1) is 18.0 Å². The second-order valence-electron chi connectivity index (χ2n) is 6.58.